The summed E-state index contributed by atoms with van der Waals surface area (Å²) in [5.74, 6) is -1.04. The second kappa shape index (κ2) is 7.71. The highest BCUT2D eigenvalue weighted by Gasteiger charge is 2.40. The topological polar surface area (TPSA) is 117 Å². The number of aromatic carboxylic acids is 1. The summed E-state index contributed by atoms with van der Waals surface area (Å²) < 4.78 is 1.74. The van der Waals surface area contributed by atoms with Gasteiger partial charge in [0.2, 0.25) is 5.91 Å². The van der Waals surface area contributed by atoms with Crippen molar-refractivity contribution in [3.05, 3.63) is 52.8 Å². The summed E-state index contributed by atoms with van der Waals surface area (Å²) in [4.78, 5) is 37.1. The monoisotopic (exact) mass is 385 g/mol. The molecule has 0 spiro atoms. The summed E-state index contributed by atoms with van der Waals surface area (Å²) in [5.41, 5.74) is 2.82. The highest BCUT2D eigenvalue weighted by molar-refractivity contribution is 5.87. The van der Waals surface area contributed by atoms with Crippen molar-refractivity contribution in [2.24, 2.45) is 7.05 Å². The van der Waals surface area contributed by atoms with Crippen LogP contribution in [0.5, 0.6) is 0 Å². The molecule has 2 aromatic rings. The van der Waals surface area contributed by atoms with Gasteiger partial charge in [-0.25, -0.2) is 9.59 Å². The van der Waals surface area contributed by atoms with Crippen LogP contribution in [-0.4, -0.2) is 50.8 Å². The minimum absolute atomic E-state index is 0.0391. The molecule has 0 radical (unpaired) electrons. The third-order valence-corrected chi connectivity index (χ3v) is 5.15. The first kappa shape index (κ1) is 19.4. The molecule has 9 heteroatoms. The summed E-state index contributed by atoms with van der Waals surface area (Å²) in [7, 11) is 3.56. The molecule has 0 saturated carbocycles. The summed E-state index contributed by atoms with van der Waals surface area (Å²) in [5, 5.41) is 18.8. The first-order valence-corrected chi connectivity index (χ1v) is 8.88. The number of amides is 3. The molecule has 1 aromatic carbocycles. The van der Waals surface area contributed by atoms with Gasteiger partial charge in [0.15, 0.2) is 0 Å². The van der Waals surface area contributed by atoms with Gasteiger partial charge >= 0.3 is 12.0 Å². The van der Waals surface area contributed by atoms with E-state index in [0.29, 0.717) is 0 Å². The summed E-state index contributed by atoms with van der Waals surface area (Å²) in [6.45, 7) is 2.18. The fourth-order valence-corrected chi connectivity index (χ4v) is 3.40. The average molecular weight is 385 g/mol. The predicted molar refractivity (Wildman–Crippen MR) is 101 cm³/mol. The van der Waals surface area contributed by atoms with Gasteiger partial charge < -0.3 is 20.6 Å². The molecule has 2 atom stereocenters. The number of likely N-dealkylation sites (N-methyl/N-ethyl adjacent to an activating group) is 1. The highest BCUT2D eigenvalue weighted by atomic mass is 16.4. The molecule has 1 aromatic heterocycles. The van der Waals surface area contributed by atoms with Crippen LogP contribution < -0.4 is 10.6 Å². The van der Waals surface area contributed by atoms with Gasteiger partial charge in [-0.2, -0.15) is 5.10 Å². The molecular weight excluding hydrogens is 362 g/mol. The zero-order chi connectivity index (χ0) is 20.4. The zero-order valence-corrected chi connectivity index (χ0v) is 16.0. The molecule has 2 heterocycles. The minimum atomic E-state index is -0.996. The normalized spacial score (nSPS) is 19.0. The molecule has 9 nitrogen and oxygen atoms in total. The van der Waals surface area contributed by atoms with E-state index in [2.05, 4.69) is 15.7 Å². The van der Waals surface area contributed by atoms with E-state index in [4.69, 9.17) is 5.11 Å². The van der Waals surface area contributed by atoms with Crippen molar-refractivity contribution < 1.29 is 19.5 Å². The molecule has 1 aliphatic heterocycles. The fraction of sp³-hybridized carbons (Fsp3) is 0.368. The maximum Gasteiger partial charge on any atom is 0.335 e. The zero-order valence-electron chi connectivity index (χ0n) is 16.0. The van der Waals surface area contributed by atoms with Crippen LogP contribution in [0.4, 0.5) is 4.79 Å². The molecule has 148 valence electrons. The van der Waals surface area contributed by atoms with Crippen LogP contribution in [0.25, 0.3) is 0 Å². The number of nitrogens with one attached hydrogen (secondary N) is 2. The minimum Gasteiger partial charge on any atom is -0.478 e. The smallest absolute Gasteiger partial charge is 0.335 e. The number of urea groups is 1. The van der Waals surface area contributed by atoms with Gasteiger partial charge in [0.05, 0.1) is 23.8 Å². The number of rotatable bonds is 5. The van der Waals surface area contributed by atoms with Crippen molar-refractivity contribution in [2.45, 2.75) is 32.0 Å². The SMILES string of the molecule is Cc1c([C@H]2[C@H](NC(=O)NCc3ccc(C(=O)O)cc3)CC(=O)N2C)cnn1C. The quantitative estimate of drug-likeness (QED) is 0.715. The Morgan fingerprint density at radius 1 is 1.25 bits per heavy atom. The van der Waals surface area contributed by atoms with E-state index in [1.54, 1.807) is 35.0 Å². The van der Waals surface area contributed by atoms with Gasteiger partial charge in [0.25, 0.3) is 0 Å². The van der Waals surface area contributed by atoms with E-state index >= 15 is 0 Å². The van der Waals surface area contributed by atoms with Crippen molar-refractivity contribution in [2.75, 3.05) is 7.05 Å². The number of nitrogens with zero attached hydrogens (tertiary/aromatic N) is 3. The Labute approximate surface area is 162 Å². The molecule has 0 bridgehead atoms. The lowest BCUT2D eigenvalue weighted by Crippen LogP contribution is -2.44. The number of carboxylic acid groups (broad SMARTS) is 1. The molecule has 1 saturated heterocycles. The molecule has 28 heavy (non-hydrogen) atoms. The van der Waals surface area contributed by atoms with Crippen molar-refractivity contribution >= 4 is 17.9 Å². The Kier molecular flexibility index (Phi) is 5.34. The molecule has 0 unspecified atom stereocenters. The summed E-state index contributed by atoms with van der Waals surface area (Å²) in [6, 6.07) is 5.25. The fourth-order valence-electron chi connectivity index (χ4n) is 3.40. The largest absolute Gasteiger partial charge is 0.478 e. The van der Waals surface area contributed by atoms with Crippen molar-refractivity contribution in [3.8, 4) is 0 Å². The number of likely N-dealkylation sites (tertiary alicyclic amines) is 1. The Morgan fingerprint density at radius 2 is 1.93 bits per heavy atom. The van der Waals surface area contributed by atoms with Gasteiger partial charge in [0, 0.05) is 38.3 Å². The van der Waals surface area contributed by atoms with Crippen LogP contribution in [0, 0.1) is 6.92 Å². The molecule has 3 amide bonds. The average Bonchev–Trinajstić information content (AvgIpc) is 3.12. The van der Waals surface area contributed by atoms with Crippen molar-refractivity contribution in [3.63, 3.8) is 0 Å². The standard InChI is InChI=1S/C19H23N5O4/c1-11-14(10-21-24(11)3)17-15(8-16(25)23(17)2)22-19(28)20-9-12-4-6-13(7-5-12)18(26)27/h4-7,10,15,17H,8-9H2,1-3H3,(H,26,27)(H2,20,22,28)/t15-,17+/m1/s1. The maximum absolute atomic E-state index is 12.4. The van der Waals surface area contributed by atoms with E-state index in [-0.39, 0.29) is 42.6 Å². The number of carboxylic acids is 1. The Morgan fingerprint density at radius 3 is 2.50 bits per heavy atom. The number of benzene rings is 1. The third-order valence-electron chi connectivity index (χ3n) is 5.15. The van der Waals surface area contributed by atoms with E-state index in [9.17, 15) is 14.4 Å². The van der Waals surface area contributed by atoms with E-state index < -0.39 is 5.97 Å². The van der Waals surface area contributed by atoms with Gasteiger partial charge in [-0.05, 0) is 24.6 Å². The number of carbonyl (C=O) groups excluding carboxylic acids is 2. The van der Waals surface area contributed by atoms with Crippen LogP contribution >= 0.6 is 0 Å². The number of carbonyl (C=O) groups is 3. The van der Waals surface area contributed by atoms with Crippen LogP contribution in [0.1, 0.15) is 39.6 Å². The van der Waals surface area contributed by atoms with Crippen molar-refractivity contribution in [1.82, 2.24) is 25.3 Å². The molecule has 1 aliphatic rings. The number of hydrogen-bond donors (Lipinski definition) is 3. The molecular formula is C19H23N5O4. The number of aryl methyl sites for hydroxylation is 1. The Hall–Kier alpha value is -3.36. The lowest BCUT2D eigenvalue weighted by atomic mass is 10.0. The van der Waals surface area contributed by atoms with Gasteiger partial charge in [0.1, 0.15) is 0 Å². The lowest BCUT2D eigenvalue weighted by molar-refractivity contribution is -0.127. The van der Waals surface area contributed by atoms with Crippen LogP contribution in [-0.2, 0) is 18.4 Å². The first-order chi connectivity index (χ1) is 13.3. The van der Waals surface area contributed by atoms with Gasteiger partial charge in [-0.15, -0.1) is 0 Å². The second-order valence-electron chi connectivity index (χ2n) is 6.90. The van der Waals surface area contributed by atoms with E-state index in [0.717, 1.165) is 16.8 Å². The first-order valence-electron chi connectivity index (χ1n) is 8.88. The Bertz CT molecular complexity index is 906. The molecule has 3 rings (SSSR count). The van der Waals surface area contributed by atoms with E-state index in [1.807, 2.05) is 14.0 Å². The highest BCUT2D eigenvalue weighted by Crippen LogP contribution is 2.33. The van der Waals surface area contributed by atoms with Crippen LogP contribution in [0.2, 0.25) is 0 Å². The van der Waals surface area contributed by atoms with E-state index in [1.165, 1.54) is 12.1 Å². The van der Waals surface area contributed by atoms with Gasteiger partial charge in [-0.3, -0.25) is 9.48 Å². The van der Waals surface area contributed by atoms with Gasteiger partial charge in [-0.1, -0.05) is 12.1 Å². The summed E-state index contributed by atoms with van der Waals surface area (Å²) >= 11 is 0. The Balaban J connectivity index is 1.64. The number of hydrogen-bond acceptors (Lipinski definition) is 4. The van der Waals surface area contributed by atoms with Crippen LogP contribution in [0.3, 0.4) is 0 Å². The molecule has 3 N–H and O–H groups in total. The predicted octanol–water partition coefficient (Wildman–Crippen LogP) is 1.20. The molecule has 1 fully saturated rings. The second-order valence-corrected chi connectivity index (χ2v) is 6.90. The number of aromatic nitrogens is 2. The van der Waals surface area contributed by atoms with Crippen molar-refractivity contribution in [1.29, 1.82) is 0 Å². The lowest BCUT2D eigenvalue weighted by Gasteiger charge is -2.25. The third kappa shape index (κ3) is 3.83. The summed E-state index contributed by atoms with van der Waals surface area (Å²) in [6.07, 6.45) is 1.95. The maximum atomic E-state index is 12.4. The molecule has 0 aliphatic carbocycles. The van der Waals surface area contributed by atoms with Crippen LogP contribution in [0.15, 0.2) is 30.5 Å².